The average molecular weight is 508 g/mol. The van der Waals surface area contributed by atoms with Crippen LogP contribution < -0.4 is 4.90 Å². The van der Waals surface area contributed by atoms with Crippen molar-refractivity contribution < 1.29 is 17.9 Å². The molecule has 0 bridgehead atoms. The lowest BCUT2D eigenvalue weighted by Gasteiger charge is -2.27. The van der Waals surface area contributed by atoms with Gasteiger partial charge in [0, 0.05) is 32.6 Å². The van der Waals surface area contributed by atoms with Crippen molar-refractivity contribution in [2.75, 3.05) is 50.0 Å². The summed E-state index contributed by atoms with van der Waals surface area (Å²) in [7, 11) is -3.55. The van der Waals surface area contributed by atoms with Crippen LogP contribution in [0.2, 0.25) is 5.02 Å². The number of para-hydroxylation sites is 1. The van der Waals surface area contributed by atoms with Gasteiger partial charge in [-0.1, -0.05) is 47.2 Å². The van der Waals surface area contributed by atoms with Gasteiger partial charge in [-0.05, 0) is 30.7 Å². The Balaban J connectivity index is 1.49. The van der Waals surface area contributed by atoms with Crippen LogP contribution >= 0.6 is 22.9 Å². The van der Waals surface area contributed by atoms with Crippen molar-refractivity contribution in [2.24, 2.45) is 0 Å². The number of hydrogen-bond donors (Lipinski definition) is 0. The van der Waals surface area contributed by atoms with E-state index >= 15 is 0 Å². The molecule has 1 amide bonds. The summed E-state index contributed by atoms with van der Waals surface area (Å²) in [6, 6.07) is 13.8. The molecule has 0 unspecified atom stereocenters. The number of carbonyl (C=O) groups excluding carboxylic acids is 1. The maximum atomic E-state index is 13.2. The van der Waals surface area contributed by atoms with Crippen LogP contribution in [-0.4, -0.2) is 69.4 Å². The molecule has 0 aliphatic carbocycles. The van der Waals surface area contributed by atoms with E-state index in [4.69, 9.17) is 16.3 Å². The van der Waals surface area contributed by atoms with Crippen molar-refractivity contribution in [1.82, 2.24) is 9.88 Å². The minimum Gasteiger partial charge on any atom is -0.379 e. The fraction of sp³-hybridized carbons (Fsp3) is 0.391. The van der Waals surface area contributed by atoms with Gasteiger partial charge in [0.25, 0.3) is 0 Å². The summed E-state index contributed by atoms with van der Waals surface area (Å²) in [5.41, 5.74) is 0.655. The monoisotopic (exact) mass is 507 g/mol. The first kappa shape index (κ1) is 24.1. The molecule has 4 rings (SSSR count). The van der Waals surface area contributed by atoms with E-state index in [-0.39, 0.29) is 23.0 Å². The highest BCUT2D eigenvalue weighted by atomic mass is 35.5. The molecular weight excluding hydrogens is 482 g/mol. The molecule has 0 atom stereocenters. The first-order valence-corrected chi connectivity index (χ1v) is 13.7. The van der Waals surface area contributed by atoms with Crippen LogP contribution in [0.5, 0.6) is 0 Å². The molecule has 0 radical (unpaired) electrons. The number of hydrogen-bond acceptors (Lipinski definition) is 7. The van der Waals surface area contributed by atoms with Crippen molar-refractivity contribution in [2.45, 2.75) is 17.7 Å². The van der Waals surface area contributed by atoms with E-state index in [0.717, 1.165) is 44.0 Å². The quantitative estimate of drug-likeness (QED) is 0.437. The zero-order chi connectivity index (χ0) is 23.3. The number of anilines is 1. The van der Waals surface area contributed by atoms with Crippen LogP contribution in [0.4, 0.5) is 5.13 Å². The number of carbonyl (C=O) groups is 1. The standard InChI is InChI=1S/C23H26ClN3O4S2/c24-19-8-4-9-20-22(19)25-23(32-20)27(12-5-11-26-13-15-31-16-14-26)21(28)10-17-33(29,30)18-6-2-1-3-7-18/h1-4,6-9H,5,10-17H2. The third-order valence-electron chi connectivity index (χ3n) is 5.54. The molecule has 176 valence electrons. The topological polar surface area (TPSA) is 79.8 Å². The number of nitrogens with zero attached hydrogens (tertiary/aromatic N) is 3. The zero-order valence-corrected chi connectivity index (χ0v) is 20.5. The molecule has 0 spiro atoms. The smallest absolute Gasteiger partial charge is 0.229 e. The van der Waals surface area contributed by atoms with Gasteiger partial charge in [-0.3, -0.25) is 14.6 Å². The number of rotatable bonds is 9. The highest BCUT2D eigenvalue weighted by molar-refractivity contribution is 7.91. The maximum absolute atomic E-state index is 13.2. The van der Waals surface area contributed by atoms with E-state index in [9.17, 15) is 13.2 Å². The molecule has 33 heavy (non-hydrogen) atoms. The fourth-order valence-electron chi connectivity index (χ4n) is 3.73. The summed E-state index contributed by atoms with van der Waals surface area (Å²) in [5.74, 6) is -0.506. The lowest BCUT2D eigenvalue weighted by atomic mass is 10.3. The minimum absolute atomic E-state index is 0.113. The predicted molar refractivity (Wildman–Crippen MR) is 132 cm³/mol. The lowest BCUT2D eigenvalue weighted by molar-refractivity contribution is -0.118. The molecule has 7 nitrogen and oxygen atoms in total. The highest BCUT2D eigenvalue weighted by Crippen LogP contribution is 2.33. The number of halogens is 1. The molecule has 0 saturated carbocycles. The van der Waals surface area contributed by atoms with Gasteiger partial charge in [-0.2, -0.15) is 0 Å². The van der Waals surface area contributed by atoms with Gasteiger partial charge in [0.2, 0.25) is 5.91 Å². The number of thiazole rings is 1. The summed E-state index contributed by atoms with van der Waals surface area (Å²) in [6.07, 6.45) is 0.638. The Bertz CT molecular complexity index is 1190. The van der Waals surface area contributed by atoms with Gasteiger partial charge in [0.05, 0.1) is 33.6 Å². The number of benzene rings is 2. The summed E-state index contributed by atoms with van der Waals surface area (Å²) < 4.78 is 31.6. The zero-order valence-electron chi connectivity index (χ0n) is 18.2. The largest absolute Gasteiger partial charge is 0.379 e. The molecule has 1 aliphatic rings. The average Bonchev–Trinajstić information content (AvgIpc) is 3.27. The number of fused-ring (bicyclic) bond motifs is 1. The summed E-state index contributed by atoms with van der Waals surface area (Å²) in [5, 5.41) is 1.07. The second kappa shape index (κ2) is 10.9. The highest BCUT2D eigenvalue weighted by Gasteiger charge is 2.24. The van der Waals surface area contributed by atoms with E-state index in [0.29, 0.717) is 22.2 Å². The Kier molecular flexibility index (Phi) is 7.98. The number of amides is 1. The molecule has 1 fully saturated rings. The number of aromatic nitrogens is 1. The molecule has 10 heteroatoms. The van der Waals surface area contributed by atoms with Crippen molar-refractivity contribution in [1.29, 1.82) is 0 Å². The maximum Gasteiger partial charge on any atom is 0.229 e. The van der Waals surface area contributed by atoms with E-state index in [1.54, 1.807) is 41.3 Å². The minimum atomic E-state index is -3.55. The molecule has 3 aromatic rings. The van der Waals surface area contributed by atoms with Crippen LogP contribution in [0.15, 0.2) is 53.4 Å². The summed E-state index contributed by atoms with van der Waals surface area (Å²) in [6.45, 7) is 4.48. The lowest BCUT2D eigenvalue weighted by Crippen LogP contribution is -2.39. The Morgan fingerprint density at radius 1 is 1.12 bits per heavy atom. The van der Waals surface area contributed by atoms with Crippen LogP contribution in [0.3, 0.4) is 0 Å². The van der Waals surface area contributed by atoms with Crippen LogP contribution in [0.25, 0.3) is 10.2 Å². The fourth-order valence-corrected chi connectivity index (χ4v) is 6.28. The van der Waals surface area contributed by atoms with E-state index in [2.05, 4.69) is 9.88 Å². The summed E-state index contributed by atoms with van der Waals surface area (Å²) in [4.78, 5) is 22.0. The first-order valence-electron chi connectivity index (χ1n) is 10.9. The number of ether oxygens (including phenoxy) is 1. The van der Waals surface area contributed by atoms with Gasteiger partial charge >= 0.3 is 0 Å². The third kappa shape index (κ3) is 6.10. The number of sulfone groups is 1. The Morgan fingerprint density at radius 2 is 1.88 bits per heavy atom. The normalized spacial score (nSPS) is 15.1. The Labute approximate surface area is 202 Å². The van der Waals surface area contributed by atoms with Gasteiger partial charge < -0.3 is 4.74 Å². The first-order chi connectivity index (χ1) is 15.9. The SMILES string of the molecule is O=C(CCS(=O)(=O)c1ccccc1)N(CCCN1CCOCC1)c1nc2c(Cl)cccc2s1. The van der Waals surface area contributed by atoms with Gasteiger partial charge in [0.15, 0.2) is 15.0 Å². The van der Waals surface area contributed by atoms with Crippen molar-refractivity contribution in [3.8, 4) is 0 Å². The van der Waals surface area contributed by atoms with Crippen LogP contribution in [0, 0.1) is 0 Å². The molecule has 1 aromatic heterocycles. The van der Waals surface area contributed by atoms with Gasteiger partial charge in [-0.25, -0.2) is 13.4 Å². The number of morpholine rings is 1. The van der Waals surface area contributed by atoms with Crippen molar-refractivity contribution >= 4 is 54.0 Å². The molecule has 1 aliphatic heterocycles. The van der Waals surface area contributed by atoms with Gasteiger partial charge in [0.1, 0.15) is 5.52 Å². The Morgan fingerprint density at radius 3 is 2.61 bits per heavy atom. The molecular formula is C23H26ClN3O4S2. The second-order valence-corrected chi connectivity index (χ2v) is 11.3. The van der Waals surface area contributed by atoms with Crippen molar-refractivity contribution in [3.05, 3.63) is 53.6 Å². The van der Waals surface area contributed by atoms with Gasteiger partial charge in [-0.15, -0.1) is 0 Å². The van der Waals surface area contributed by atoms with E-state index < -0.39 is 9.84 Å². The third-order valence-corrected chi connectivity index (χ3v) is 8.62. The van der Waals surface area contributed by atoms with Crippen LogP contribution in [-0.2, 0) is 19.4 Å². The molecule has 2 aromatic carbocycles. The predicted octanol–water partition coefficient (Wildman–Crippen LogP) is 3.87. The van der Waals surface area contributed by atoms with Crippen molar-refractivity contribution in [3.63, 3.8) is 0 Å². The molecule has 2 heterocycles. The second-order valence-electron chi connectivity index (χ2n) is 7.82. The summed E-state index contributed by atoms with van der Waals surface area (Å²) >= 11 is 7.68. The van der Waals surface area contributed by atoms with Crippen LogP contribution in [0.1, 0.15) is 12.8 Å². The van der Waals surface area contributed by atoms with E-state index in [1.807, 2.05) is 12.1 Å². The van der Waals surface area contributed by atoms with E-state index in [1.165, 1.54) is 11.3 Å². The molecule has 0 N–H and O–H groups in total. The molecule has 1 saturated heterocycles. The Hall–Kier alpha value is -2.04.